The highest BCUT2D eigenvalue weighted by Gasteiger charge is 2.19. The van der Waals surface area contributed by atoms with Crippen molar-refractivity contribution in [3.05, 3.63) is 103 Å². The van der Waals surface area contributed by atoms with Gasteiger partial charge in [-0.2, -0.15) is 0 Å². The van der Waals surface area contributed by atoms with Gasteiger partial charge in [0, 0.05) is 66.3 Å². The van der Waals surface area contributed by atoms with Crippen molar-refractivity contribution in [3.8, 4) is 11.1 Å². The standard InChI is InChI=1S/C32H39N5/c1-6-24-8-7-9-30(17-24)37-23(3)22(2)31-18-26(10-15-32(31)34-5)27-16-25(19-35-21-27)20-36-29-13-11-28(33-4)12-14-29/h6-10,15-19,21,28-29,33-34,36-37H,1-3,11-14,20H2,4-5H3. The monoisotopic (exact) mass is 493 g/mol. The summed E-state index contributed by atoms with van der Waals surface area (Å²) in [6.07, 6.45) is 10.6. The molecule has 0 radical (unpaired) electrons. The second-order valence-corrected chi connectivity index (χ2v) is 9.72. The average molecular weight is 494 g/mol. The number of aromatic nitrogens is 1. The number of benzene rings is 2. The lowest BCUT2D eigenvalue weighted by molar-refractivity contribution is 0.317. The first-order chi connectivity index (χ1) is 18.0. The van der Waals surface area contributed by atoms with Gasteiger partial charge in [0.2, 0.25) is 0 Å². The number of hydrogen-bond donors (Lipinski definition) is 4. The van der Waals surface area contributed by atoms with Crippen LogP contribution in [0.1, 0.15) is 42.4 Å². The van der Waals surface area contributed by atoms with Crippen LogP contribution in [0.2, 0.25) is 0 Å². The maximum atomic E-state index is 4.55. The Morgan fingerprint density at radius 1 is 0.946 bits per heavy atom. The number of hydrogen-bond acceptors (Lipinski definition) is 5. The van der Waals surface area contributed by atoms with E-state index in [0.717, 1.165) is 51.4 Å². The molecule has 1 fully saturated rings. The number of allylic oxidation sites excluding steroid dienone is 1. The van der Waals surface area contributed by atoms with Crippen LogP contribution < -0.4 is 21.3 Å². The van der Waals surface area contributed by atoms with Gasteiger partial charge in [-0.05, 0) is 85.3 Å². The Bertz CT molecular complexity index is 1250. The van der Waals surface area contributed by atoms with Gasteiger partial charge < -0.3 is 21.3 Å². The number of pyridine rings is 1. The lowest BCUT2D eigenvalue weighted by Gasteiger charge is -2.29. The molecule has 4 rings (SSSR count). The van der Waals surface area contributed by atoms with E-state index in [4.69, 9.17) is 0 Å². The minimum atomic E-state index is 0.573. The fraction of sp³-hybridized carbons (Fsp3) is 0.281. The molecule has 1 aromatic heterocycles. The first-order valence-electron chi connectivity index (χ1n) is 13.1. The highest BCUT2D eigenvalue weighted by Crippen LogP contribution is 2.33. The Morgan fingerprint density at radius 2 is 1.73 bits per heavy atom. The number of anilines is 2. The van der Waals surface area contributed by atoms with E-state index in [1.54, 1.807) is 0 Å². The minimum Gasteiger partial charge on any atom is -0.388 e. The summed E-state index contributed by atoms with van der Waals surface area (Å²) < 4.78 is 0. The van der Waals surface area contributed by atoms with E-state index >= 15 is 0 Å². The van der Waals surface area contributed by atoms with E-state index in [1.165, 1.54) is 31.2 Å². The zero-order valence-electron chi connectivity index (χ0n) is 22.1. The van der Waals surface area contributed by atoms with Crippen molar-refractivity contribution < 1.29 is 0 Å². The van der Waals surface area contributed by atoms with Crippen molar-refractivity contribution in [3.63, 3.8) is 0 Å². The normalized spacial score (nSPS) is 17.1. The highest BCUT2D eigenvalue weighted by atomic mass is 14.9. The number of rotatable bonds is 11. The molecule has 0 amide bonds. The van der Waals surface area contributed by atoms with E-state index in [9.17, 15) is 0 Å². The van der Waals surface area contributed by atoms with Gasteiger partial charge in [-0.15, -0.1) is 0 Å². The molecular formula is C32H39N5. The van der Waals surface area contributed by atoms with E-state index in [-0.39, 0.29) is 0 Å². The Kier molecular flexibility index (Phi) is 8.94. The van der Waals surface area contributed by atoms with Crippen molar-refractivity contribution in [2.24, 2.45) is 0 Å². The van der Waals surface area contributed by atoms with Crippen molar-refractivity contribution in [2.75, 3.05) is 24.7 Å². The van der Waals surface area contributed by atoms with Gasteiger partial charge >= 0.3 is 0 Å². The third-order valence-corrected chi connectivity index (χ3v) is 7.25. The van der Waals surface area contributed by atoms with Gasteiger partial charge in [-0.1, -0.05) is 44.0 Å². The van der Waals surface area contributed by atoms with E-state index in [0.29, 0.717) is 12.1 Å². The van der Waals surface area contributed by atoms with Crippen molar-refractivity contribution in [1.29, 1.82) is 0 Å². The van der Waals surface area contributed by atoms with E-state index in [1.807, 2.05) is 49.8 Å². The smallest absolute Gasteiger partial charge is 0.0418 e. The van der Waals surface area contributed by atoms with Gasteiger partial charge in [0.1, 0.15) is 0 Å². The third kappa shape index (κ3) is 6.76. The predicted molar refractivity (Wildman–Crippen MR) is 159 cm³/mol. The molecule has 5 nitrogen and oxygen atoms in total. The molecule has 5 heteroatoms. The third-order valence-electron chi connectivity index (χ3n) is 7.25. The summed E-state index contributed by atoms with van der Waals surface area (Å²) in [4.78, 5) is 4.55. The molecule has 1 aliphatic carbocycles. The fourth-order valence-corrected chi connectivity index (χ4v) is 4.94. The molecule has 4 N–H and O–H groups in total. The first-order valence-corrected chi connectivity index (χ1v) is 13.1. The van der Waals surface area contributed by atoms with Crippen LogP contribution in [0.15, 0.2) is 86.4 Å². The van der Waals surface area contributed by atoms with Crippen molar-refractivity contribution >= 4 is 23.0 Å². The van der Waals surface area contributed by atoms with E-state index in [2.05, 4.69) is 77.3 Å². The molecule has 0 atom stereocenters. The highest BCUT2D eigenvalue weighted by molar-refractivity contribution is 5.88. The van der Waals surface area contributed by atoms with Gasteiger partial charge in [-0.25, -0.2) is 0 Å². The molecule has 1 heterocycles. The topological polar surface area (TPSA) is 61.0 Å². The molecule has 0 unspecified atom stereocenters. The Balaban J connectivity index is 1.48. The SMILES string of the molecule is C=Cc1cccc(NC(=C)C(=C)c2cc(-c3cncc(CNC4CCC(NC)CC4)c3)ccc2NC)c1. The summed E-state index contributed by atoms with van der Waals surface area (Å²) in [5.41, 5.74) is 8.97. The molecule has 0 aliphatic heterocycles. The molecule has 0 spiro atoms. The zero-order chi connectivity index (χ0) is 26.2. The molecule has 2 aromatic carbocycles. The second kappa shape index (κ2) is 12.5. The maximum Gasteiger partial charge on any atom is 0.0418 e. The lowest BCUT2D eigenvalue weighted by atomic mass is 9.91. The van der Waals surface area contributed by atoms with Gasteiger partial charge in [0.25, 0.3) is 0 Å². The summed E-state index contributed by atoms with van der Waals surface area (Å²) in [7, 11) is 3.99. The molecule has 1 saturated carbocycles. The van der Waals surface area contributed by atoms with Crippen LogP contribution in [0.4, 0.5) is 11.4 Å². The maximum absolute atomic E-state index is 4.55. The van der Waals surface area contributed by atoms with Gasteiger partial charge in [0.05, 0.1) is 0 Å². The van der Waals surface area contributed by atoms with Gasteiger partial charge in [-0.3, -0.25) is 4.98 Å². The van der Waals surface area contributed by atoms with Crippen LogP contribution in [-0.2, 0) is 6.54 Å². The zero-order valence-corrected chi connectivity index (χ0v) is 22.1. The van der Waals surface area contributed by atoms with Crippen LogP contribution in [-0.4, -0.2) is 31.2 Å². The molecule has 192 valence electrons. The predicted octanol–water partition coefficient (Wildman–Crippen LogP) is 6.69. The van der Waals surface area contributed by atoms with Crippen LogP contribution in [0.5, 0.6) is 0 Å². The van der Waals surface area contributed by atoms with Crippen LogP contribution >= 0.6 is 0 Å². The molecular weight excluding hydrogens is 454 g/mol. The number of nitrogens with one attached hydrogen (secondary N) is 4. The molecule has 0 saturated heterocycles. The summed E-state index contributed by atoms with van der Waals surface area (Å²) >= 11 is 0. The Morgan fingerprint density at radius 3 is 2.46 bits per heavy atom. The van der Waals surface area contributed by atoms with Crippen LogP contribution in [0, 0.1) is 0 Å². The van der Waals surface area contributed by atoms with E-state index < -0.39 is 0 Å². The largest absolute Gasteiger partial charge is 0.388 e. The summed E-state index contributed by atoms with van der Waals surface area (Å²) in [6, 6.07) is 17.9. The minimum absolute atomic E-state index is 0.573. The lowest BCUT2D eigenvalue weighted by Crippen LogP contribution is -2.38. The second-order valence-electron chi connectivity index (χ2n) is 9.72. The summed E-state index contributed by atoms with van der Waals surface area (Å²) in [5, 5.41) is 13.8. The molecule has 37 heavy (non-hydrogen) atoms. The van der Waals surface area contributed by atoms with Gasteiger partial charge in [0.15, 0.2) is 0 Å². The average Bonchev–Trinajstić information content (AvgIpc) is 2.95. The van der Waals surface area contributed by atoms with Crippen molar-refractivity contribution in [1.82, 2.24) is 15.6 Å². The summed E-state index contributed by atoms with van der Waals surface area (Å²) in [5.74, 6) is 0. The molecule has 3 aromatic rings. The summed E-state index contributed by atoms with van der Waals surface area (Å²) in [6.45, 7) is 13.3. The Labute approximate surface area is 221 Å². The van der Waals surface area contributed by atoms with Crippen LogP contribution in [0.25, 0.3) is 22.8 Å². The van der Waals surface area contributed by atoms with Crippen molar-refractivity contribution in [2.45, 2.75) is 44.3 Å². The fourth-order valence-electron chi connectivity index (χ4n) is 4.94. The quantitative estimate of drug-likeness (QED) is 0.224. The Hall–Kier alpha value is -3.67. The molecule has 0 bridgehead atoms. The number of nitrogens with zero attached hydrogens (tertiary/aromatic N) is 1. The van der Waals surface area contributed by atoms with Crippen LogP contribution in [0.3, 0.4) is 0 Å². The first kappa shape index (κ1) is 26.4. The molecule has 1 aliphatic rings.